The summed E-state index contributed by atoms with van der Waals surface area (Å²) in [6, 6.07) is 7.36. The maximum Gasteiger partial charge on any atom is 0.186 e. The molecule has 0 fully saturated rings. The third kappa shape index (κ3) is 2.78. The SMILES string of the molecule is Cn1ncnc1SCc1ccc(C#N)cc1Cl. The van der Waals surface area contributed by atoms with Gasteiger partial charge in [-0.15, -0.1) is 0 Å². The zero-order valence-corrected chi connectivity index (χ0v) is 10.7. The summed E-state index contributed by atoms with van der Waals surface area (Å²) in [5.74, 6) is 0.705. The average molecular weight is 265 g/mol. The normalized spacial score (nSPS) is 10.2. The Morgan fingerprint density at radius 3 is 2.94 bits per heavy atom. The number of halogens is 1. The summed E-state index contributed by atoms with van der Waals surface area (Å²) in [6.45, 7) is 0. The highest BCUT2D eigenvalue weighted by atomic mass is 35.5. The first-order valence-electron chi connectivity index (χ1n) is 4.86. The number of nitriles is 1. The Morgan fingerprint density at radius 2 is 2.35 bits per heavy atom. The van der Waals surface area contributed by atoms with E-state index in [1.54, 1.807) is 28.6 Å². The second-order valence-electron chi connectivity index (χ2n) is 3.37. The van der Waals surface area contributed by atoms with Crippen LogP contribution in [0.2, 0.25) is 5.02 Å². The Balaban J connectivity index is 2.10. The Morgan fingerprint density at radius 1 is 1.53 bits per heavy atom. The van der Waals surface area contributed by atoms with Crippen LogP contribution in [-0.2, 0) is 12.8 Å². The van der Waals surface area contributed by atoms with Gasteiger partial charge in [0, 0.05) is 17.8 Å². The van der Waals surface area contributed by atoms with E-state index in [9.17, 15) is 0 Å². The van der Waals surface area contributed by atoms with Crippen LogP contribution in [0.3, 0.4) is 0 Å². The number of nitrogens with zero attached hydrogens (tertiary/aromatic N) is 4. The van der Waals surface area contributed by atoms with Gasteiger partial charge in [-0.1, -0.05) is 29.4 Å². The zero-order valence-electron chi connectivity index (χ0n) is 9.09. The highest BCUT2D eigenvalue weighted by molar-refractivity contribution is 7.98. The van der Waals surface area contributed by atoms with Crippen molar-refractivity contribution in [2.75, 3.05) is 0 Å². The molecule has 86 valence electrons. The number of benzene rings is 1. The van der Waals surface area contributed by atoms with Crippen LogP contribution in [0.25, 0.3) is 0 Å². The average Bonchev–Trinajstić information content (AvgIpc) is 2.73. The van der Waals surface area contributed by atoms with Gasteiger partial charge in [0.15, 0.2) is 5.16 Å². The van der Waals surface area contributed by atoms with Gasteiger partial charge in [0.1, 0.15) is 6.33 Å². The van der Waals surface area contributed by atoms with Gasteiger partial charge in [0.25, 0.3) is 0 Å². The minimum absolute atomic E-state index is 0.572. The molecule has 0 bridgehead atoms. The molecule has 17 heavy (non-hydrogen) atoms. The van der Waals surface area contributed by atoms with Crippen LogP contribution in [0, 0.1) is 11.3 Å². The van der Waals surface area contributed by atoms with Crippen LogP contribution >= 0.6 is 23.4 Å². The Labute approximate surface area is 108 Å². The number of thioether (sulfide) groups is 1. The standard InChI is InChI=1S/C11H9ClN4S/c1-16-11(14-7-15-16)17-6-9-3-2-8(5-13)4-10(9)12/h2-4,7H,6H2,1H3. The van der Waals surface area contributed by atoms with Crippen LogP contribution in [0.1, 0.15) is 11.1 Å². The van der Waals surface area contributed by atoms with Gasteiger partial charge in [-0.2, -0.15) is 10.4 Å². The van der Waals surface area contributed by atoms with Crippen molar-refractivity contribution in [1.29, 1.82) is 5.26 Å². The van der Waals surface area contributed by atoms with Crippen LogP contribution in [-0.4, -0.2) is 14.8 Å². The molecule has 0 unspecified atom stereocenters. The van der Waals surface area contributed by atoms with Crippen molar-refractivity contribution in [3.8, 4) is 6.07 Å². The molecule has 0 N–H and O–H groups in total. The molecule has 2 aromatic rings. The van der Waals surface area contributed by atoms with E-state index >= 15 is 0 Å². The molecule has 0 aliphatic carbocycles. The third-order valence-corrected chi connectivity index (χ3v) is 3.64. The van der Waals surface area contributed by atoms with E-state index in [2.05, 4.69) is 16.2 Å². The van der Waals surface area contributed by atoms with Crippen molar-refractivity contribution in [2.45, 2.75) is 10.9 Å². The molecule has 0 saturated carbocycles. The molecule has 0 radical (unpaired) electrons. The lowest BCUT2D eigenvalue weighted by atomic mass is 10.2. The van der Waals surface area contributed by atoms with Crippen molar-refractivity contribution in [1.82, 2.24) is 14.8 Å². The van der Waals surface area contributed by atoms with E-state index in [1.807, 2.05) is 13.1 Å². The first-order chi connectivity index (χ1) is 8.20. The number of hydrogen-bond donors (Lipinski definition) is 0. The first kappa shape index (κ1) is 12.0. The number of aryl methyl sites for hydroxylation is 1. The zero-order chi connectivity index (χ0) is 12.3. The molecule has 2 rings (SSSR count). The molecule has 4 nitrogen and oxygen atoms in total. The topological polar surface area (TPSA) is 54.5 Å². The van der Waals surface area contributed by atoms with Gasteiger partial charge in [-0.05, 0) is 17.7 Å². The molecule has 0 aliphatic rings. The largest absolute Gasteiger partial charge is 0.244 e. The van der Waals surface area contributed by atoms with Crippen molar-refractivity contribution in [3.05, 3.63) is 40.7 Å². The maximum absolute atomic E-state index is 8.73. The van der Waals surface area contributed by atoms with E-state index < -0.39 is 0 Å². The predicted octanol–water partition coefficient (Wildman–Crippen LogP) is 2.63. The van der Waals surface area contributed by atoms with Gasteiger partial charge in [-0.25, -0.2) is 9.67 Å². The van der Waals surface area contributed by atoms with E-state index in [4.69, 9.17) is 16.9 Å². The second-order valence-corrected chi connectivity index (χ2v) is 4.72. The van der Waals surface area contributed by atoms with E-state index in [-0.39, 0.29) is 0 Å². The van der Waals surface area contributed by atoms with Crippen molar-refractivity contribution in [3.63, 3.8) is 0 Å². The fraction of sp³-hybridized carbons (Fsp3) is 0.182. The van der Waals surface area contributed by atoms with Crippen LogP contribution in [0.5, 0.6) is 0 Å². The minimum Gasteiger partial charge on any atom is -0.244 e. The molecule has 0 amide bonds. The molecular formula is C11H9ClN4S. The fourth-order valence-corrected chi connectivity index (χ4v) is 2.51. The van der Waals surface area contributed by atoms with Crippen LogP contribution in [0.15, 0.2) is 29.7 Å². The van der Waals surface area contributed by atoms with Gasteiger partial charge in [0.05, 0.1) is 11.6 Å². The summed E-state index contributed by atoms with van der Waals surface area (Å²) in [6.07, 6.45) is 1.52. The number of rotatable bonds is 3. The van der Waals surface area contributed by atoms with E-state index in [1.165, 1.54) is 6.33 Å². The van der Waals surface area contributed by atoms with Crippen LogP contribution < -0.4 is 0 Å². The smallest absolute Gasteiger partial charge is 0.186 e. The highest BCUT2D eigenvalue weighted by Crippen LogP contribution is 2.25. The van der Waals surface area contributed by atoms with Gasteiger partial charge in [-0.3, -0.25) is 0 Å². The molecule has 0 spiro atoms. The molecule has 1 heterocycles. The molecule has 0 atom stereocenters. The van der Waals surface area contributed by atoms with Gasteiger partial charge < -0.3 is 0 Å². The summed E-state index contributed by atoms with van der Waals surface area (Å²) >= 11 is 7.64. The third-order valence-electron chi connectivity index (χ3n) is 2.21. The Bertz CT molecular complexity index is 573. The first-order valence-corrected chi connectivity index (χ1v) is 6.22. The van der Waals surface area contributed by atoms with E-state index in [0.717, 1.165) is 10.7 Å². The Kier molecular flexibility index (Phi) is 3.67. The number of aromatic nitrogens is 3. The second kappa shape index (κ2) is 5.21. The summed E-state index contributed by atoms with van der Waals surface area (Å²) in [4.78, 5) is 4.11. The maximum atomic E-state index is 8.73. The lowest BCUT2D eigenvalue weighted by molar-refractivity contribution is 0.685. The minimum atomic E-state index is 0.572. The van der Waals surface area contributed by atoms with Gasteiger partial charge in [0.2, 0.25) is 0 Å². The molecule has 0 saturated heterocycles. The lowest BCUT2D eigenvalue weighted by Gasteiger charge is -2.03. The molecule has 1 aromatic heterocycles. The summed E-state index contributed by atoms with van der Waals surface area (Å²) in [7, 11) is 1.84. The van der Waals surface area contributed by atoms with Crippen molar-refractivity contribution < 1.29 is 0 Å². The van der Waals surface area contributed by atoms with E-state index in [0.29, 0.717) is 16.3 Å². The lowest BCUT2D eigenvalue weighted by Crippen LogP contribution is -1.93. The fourth-order valence-electron chi connectivity index (χ4n) is 1.29. The van der Waals surface area contributed by atoms with Crippen molar-refractivity contribution >= 4 is 23.4 Å². The molecule has 1 aromatic carbocycles. The van der Waals surface area contributed by atoms with Crippen molar-refractivity contribution in [2.24, 2.45) is 7.05 Å². The summed E-state index contributed by atoms with van der Waals surface area (Å²) < 4.78 is 1.71. The summed E-state index contributed by atoms with van der Waals surface area (Å²) in [5, 5.41) is 14.2. The van der Waals surface area contributed by atoms with Crippen LogP contribution in [0.4, 0.5) is 0 Å². The summed E-state index contributed by atoms with van der Waals surface area (Å²) in [5.41, 5.74) is 1.56. The quantitative estimate of drug-likeness (QED) is 0.800. The highest BCUT2D eigenvalue weighted by Gasteiger charge is 2.05. The monoisotopic (exact) mass is 264 g/mol. The number of hydrogen-bond acceptors (Lipinski definition) is 4. The predicted molar refractivity (Wildman–Crippen MR) is 66.7 cm³/mol. The van der Waals surface area contributed by atoms with Gasteiger partial charge >= 0.3 is 0 Å². The molecule has 6 heteroatoms. The Hall–Kier alpha value is -1.51. The molecular weight excluding hydrogens is 256 g/mol. The molecule has 0 aliphatic heterocycles.